The molecular formula is C22H26FN5O4. The third kappa shape index (κ3) is 5.77. The van der Waals surface area contributed by atoms with Crippen LogP contribution in [-0.2, 0) is 19.1 Å². The molecule has 0 bridgehead atoms. The minimum absolute atomic E-state index is 0.0181. The Hall–Kier alpha value is -3.11. The minimum atomic E-state index is -0.398. The highest BCUT2D eigenvalue weighted by atomic mass is 19.1. The number of pyridine rings is 2. The van der Waals surface area contributed by atoms with Crippen LogP contribution in [0.3, 0.4) is 0 Å². The number of hydrogen-bond acceptors (Lipinski definition) is 7. The van der Waals surface area contributed by atoms with Crippen LogP contribution in [0.1, 0.15) is 24.6 Å². The van der Waals surface area contributed by atoms with Crippen molar-refractivity contribution in [3.8, 4) is 0 Å². The van der Waals surface area contributed by atoms with E-state index in [9.17, 15) is 14.0 Å². The van der Waals surface area contributed by atoms with Gasteiger partial charge in [-0.2, -0.15) is 0 Å². The zero-order valence-electron chi connectivity index (χ0n) is 17.7. The Morgan fingerprint density at radius 3 is 2.84 bits per heavy atom. The maximum atomic E-state index is 13.0. The predicted molar refractivity (Wildman–Crippen MR) is 114 cm³/mol. The first kappa shape index (κ1) is 22.1. The molecule has 9 nitrogen and oxygen atoms in total. The van der Waals surface area contributed by atoms with E-state index in [4.69, 9.17) is 9.47 Å². The van der Waals surface area contributed by atoms with Gasteiger partial charge in [0.15, 0.2) is 0 Å². The quantitative estimate of drug-likeness (QED) is 0.623. The number of carbonyl (C=O) groups is 2. The van der Waals surface area contributed by atoms with Crippen LogP contribution in [0.4, 0.5) is 15.9 Å². The van der Waals surface area contributed by atoms with Crippen molar-refractivity contribution < 1.29 is 23.5 Å². The lowest BCUT2D eigenvalue weighted by molar-refractivity contribution is -0.144. The Morgan fingerprint density at radius 2 is 2.12 bits per heavy atom. The lowest BCUT2D eigenvalue weighted by atomic mass is 10.2. The van der Waals surface area contributed by atoms with Gasteiger partial charge in [0, 0.05) is 26.1 Å². The maximum Gasteiger partial charge on any atom is 0.248 e. The molecular weight excluding hydrogens is 417 g/mol. The fourth-order valence-electron chi connectivity index (χ4n) is 3.69. The molecule has 0 aliphatic carbocycles. The van der Waals surface area contributed by atoms with E-state index in [-0.39, 0.29) is 24.5 Å². The molecule has 2 aromatic rings. The normalized spacial score (nSPS) is 18.8. The SMILES string of the molecule is O=C1CCCN1CCOCC(=O)N1CCO[C@H](c2ccc(Nc3ccc(F)cn3)cn2)C1. The topological polar surface area (TPSA) is 96.9 Å². The van der Waals surface area contributed by atoms with Gasteiger partial charge in [-0.1, -0.05) is 0 Å². The number of carbonyl (C=O) groups excluding carboxylic acids is 2. The second kappa shape index (κ2) is 10.5. The van der Waals surface area contributed by atoms with Crippen molar-refractivity contribution in [3.05, 3.63) is 48.2 Å². The number of anilines is 2. The number of hydrogen-bond donors (Lipinski definition) is 1. The maximum absolute atomic E-state index is 13.0. The third-order valence-electron chi connectivity index (χ3n) is 5.44. The first-order valence-electron chi connectivity index (χ1n) is 10.7. The number of amides is 2. The highest BCUT2D eigenvalue weighted by Crippen LogP contribution is 2.22. The first-order valence-corrected chi connectivity index (χ1v) is 10.7. The number of rotatable bonds is 8. The summed E-state index contributed by atoms with van der Waals surface area (Å²) in [6.45, 7) is 2.93. The smallest absolute Gasteiger partial charge is 0.248 e. The second-order valence-corrected chi connectivity index (χ2v) is 7.69. The molecule has 2 aromatic heterocycles. The fourth-order valence-corrected chi connectivity index (χ4v) is 3.69. The Labute approximate surface area is 185 Å². The molecule has 1 atom stereocenters. The van der Waals surface area contributed by atoms with Gasteiger partial charge in [0.05, 0.1) is 43.5 Å². The van der Waals surface area contributed by atoms with E-state index in [0.29, 0.717) is 56.5 Å². The molecule has 32 heavy (non-hydrogen) atoms. The fraction of sp³-hybridized carbons (Fsp3) is 0.455. The number of halogens is 1. The van der Waals surface area contributed by atoms with Crippen LogP contribution >= 0.6 is 0 Å². The summed E-state index contributed by atoms with van der Waals surface area (Å²) < 4.78 is 24.3. The van der Waals surface area contributed by atoms with Crippen LogP contribution in [0, 0.1) is 5.82 Å². The molecule has 4 heterocycles. The number of nitrogens with one attached hydrogen (secondary N) is 1. The number of nitrogens with zero attached hydrogens (tertiary/aromatic N) is 4. The van der Waals surface area contributed by atoms with Crippen molar-refractivity contribution in [1.82, 2.24) is 19.8 Å². The van der Waals surface area contributed by atoms with Crippen molar-refractivity contribution >= 4 is 23.3 Å². The molecule has 2 fully saturated rings. The summed E-state index contributed by atoms with van der Waals surface area (Å²) in [6, 6.07) is 6.53. The van der Waals surface area contributed by atoms with Gasteiger partial charge in [-0.15, -0.1) is 0 Å². The molecule has 4 rings (SSSR count). The van der Waals surface area contributed by atoms with Gasteiger partial charge >= 0.3 is 0 Å². The van der Waals surface area contributed by atoms with Crippen molar-refractivity contribution in [2.24, 2.45) is 0 Å². The molecule has 0 saturated carbocycles. The summed E-state index contributed by atoms with van der Waals surface area (Å²) in [5, 5.41) is 3.05. The van der Waals surface area contributed by atoms with E-state index in [2.05, 4.69) is 15.3 Å². The Kier molecular flexibility index (Phi) is 7.23. The molecule has 2 saturated heterocycles. The van der Waals surface area contributed by atoms with Crippen LogP contribution in [0.2, 0.25) is 0 Å². The third-order valence-corrected chi connectivity index (χ3v) is 5.44. The van der Waals surface area contributed by atoms with Crippen LogP contribution in [0.25, 0.3) is 0 Å². The van der Waals surface area contributed by atoms with Crippen LogP contribution < -0.4 is 5.32 Å². The van der Waals surface area contributed by atoms with Crippen LogP contribution in [0.15, 0.2) is 36.7 Å². The number of ether oxygens (including phenoxy) is 2. The molecule has 2 aliphatic rings. The second-order valence-electron chi connectivity index (χ2n) is 7.69. The van der Waals surface area contributed by atoms with Crippen LogP contribution in [-0.4, -0.2) is 77.6 Å². The minimum Gasteiger partial charge on any atom is -0.370 e. The van der Waals surface area contributed by atoms with Gasteiger partial charge in [-0.25, -0.2) is 9.37 Å². The first-order chi connectivity index (χ1) is 15.6. The number of likely N-dealkylation sites (tertiary alicyclic amines) is 1. The molecule has 10 heteroatoms. The predicted octanol–water partition coefficient (Wildman–Crippen LogP) is 1.90. The van der Waals surface area contributed by atoms with Gasteiger partial charge in [0.1, 0.15) is 24.3 Å². The average Bonchev–Trinajstić information content (AvgIpc) is 3.23. The van der Waals surface area contributed by atoms with E-state index in [1.165, 1.54) is 6.07 Å². The highest BCUT2D eigenvalue weighted by Gasteiger charge is 2.26. The molecule has 0 unspecified atom stereocenters. The van der Waals surface area contributed by atoms with E-state index >= 15 is 0 Å². The molecule has 2 amide bonds. The number of morpholine rings is 1. The standard InChI is InChI=1S/C22H26FN5O4/c23-16-3-6-20(25-12-16)26-17-4-5-18(24-13-17)19-14-28(9-11-32-19)22(30)15-31-10-8-27-7-1-2-21(27)29/h3-6,12-13,19H,1-2,7-11,14-15H2,(H,25,26)/t19-/m0/s1. The van der Waals surface area contributed by atoms with Crippen LogP contribution in [0.5, 0.6) is 0 Å². The zero-order valence-corrected chi connectivity index (χ0v) is 17.7. The molecule has 1 N–H and O–H groups in total. The van der Waals surface area contributed by atoms with Gasteiger partial charge in [-0.3, -0.25) is 14.6 Å². The summed E-state index contributed by atoms with van der Waals surface area (Å²) >= 11 is 0. The van der Waals surface area contributed by atoms with E-state index in [0.717, 1.165) is 19.2 Å². The summed E-state index contributed by atoms with van der Waals surface area (Å²) in [4.78, 5) is 36.0. The Balaban J connectivity index is 1.24. The van der Waals surface area contributed by atoms with Gasteiger partial charge in [0.25, 0.3) is 0 Å². The van der Waals surface area contributed by atoms with Gasteiger partial charge in [-0.05, 0) is 30.7 Å². The van der Waals surface area contributed by atoms with Crippen molar-refractivity contribution in [2.45, 2.75) is 18.9 Å². The summed E-state index contributed by atoms with van der Waals surface area (Å²) in [7, 11) is 0. The largest absolute Gasteiger partial charge is 0.370 e. The molecule has 0 radical (unpaired) electrons. The van der Waals surface area contributed by atoms with E-state index in [1.54, 1.807) is 22.1 Å². The molecule has 0 aromatic carbocycles. The Morgan fingerprint density at radius 1 is 1.22 bits per heavy atom. The highest BCUT2D eigenvalue weighted by molar-refractivity contribution is 5.78. The summed E-state index contributed by atoms with van der Waals surface area (Å²) in [6.07, 6.45) is 3.95. The lowest BCUT2D eigenvalue weighted by Crippen LogP contribution is -2.44. The monoisotopic (exact) mass is 443 g/mol. The average molecular weight is 443 g/mol. The zero-order chi connectivity index (χ0) is 22.3. The van der Waals surface area contributed by atoms with Crippen molar-refractivity contribution in [3.63, 3.8) is 0 Å². The van der Waals surface area contributed by atoms with E-state index < -0.39 is 5.82 Å². The Bertz CT molecular complexity index is 925. The molecule has 170 valence electrons. The van der Waals surface area contributed by atoms with Gasteiger partial charge in [0.2, 0.25) is 11.8 Å². The van der Waals surface area contributed by atoms with Crippen molar-refractivity contribution in [2.75, 3.05) is 51.3 Å². The number of aromatic nitrogens is 2. The molecule has 0 spiro atoms. The molecule has 2 aliphatic heterocycles. The van der Waals surface area contributed by atoms with E-state index in [1.807, 2.05) is 12.1 Å². The van der Waals surface area contributed by atoms with Gasteiger partial charge < -0.3 is 24.6 Å². The lowest BCUT2D eigenvalue weighted by Gasteiger charge is -2.32. The van der Waals surface area contributed by atoms with Crippen molar-refractivity contribution in [1.29, 1.82) is 0 Å². The summed E-state index contributed by atoms with van der Waals surface area (Å²) in [5.74, 6) is 0.163. The summed E-state index contributed by atoms with van der Waals surface area (Å²) in [5.41, 5.74) is 1.43.